The zero-order chi connectivity index (χ0) is 13.1. The van der Waals surface area contributed by atoms with Gasteiger partial charge in [0.2, 0.25) is 0 Å². The molecular formula is C16H21N3. The summed E-state index contributed by atoms with van der Waals surface area (Å²) in [5, 5.41) is 1.23. The van der Waals surface area contributed by atoms with Crippen molar-refractivity contribution in [2.24, 2.45) is 5.73 Å². The molecule has 2 aromatic rings. The molecule has 1 aliphatic rings. The summed E-state index contributed by atoms with van der Waals surface area (Å²) in [4.78, 5) is 7.11. The summed E-state index contributed by atoms with van der Waals surface area (Å²) in [6.07, 6.45) is 5.63. The second-order valence-corrected chi connectivity index (χ2v) is 5.34. The van der Waals surface area contributed by atoms with E-state index in [1.807, 2.05) is 12.3 Å². The summed E-state index contributed by atoms with van der Waals surface area (Å²) in [5.41, 5.74) is 8.12. The first kappa shape index (κ1) is 12.6. The Bertz CT molecular complexity index is 543. The zero-order valence-electron chi connectivity index (χ0n) is 11.3. The van der Waals surface area contributed by atoms with Gasteiger partial charge >= 0.3 is 0 Å². The van der Waals surface area contributed by atoms with Gasteiger partial charge in [0.1, 0.15) is 0 Å². The minimum atomic E-state index is 0.769. The highest BCUT2D eigenvalue weighted by Gasteiger charge is 2.28. The van der Waals surface area contributed by atoms with Crippen molar-refractivity contribution in [2.45, 2.75) is 31.8 Å². The van der Waals surface area contributed by atoms with Crippen molar-refractivity contribution < 1.29 is 0 Å². The number of fused-ring (bicyclic) bond motifs is 1. The van der Waals surface area contributed by atoms with E-state index in [9.17, 15) is 0 Å². The van der Waals surface area contributed by atoms with E-state index in [0.29, 0.717) is 0 Å². The fourth-order valence-corrected chi connectivity index (χ4v) is 2.64. The maximum absolute atomic E-state index is 5.64. The summed E-state index contributed by atoms with van der Waals surface area (Å²) in [5.74, 6) is 0. The first-order chi connectivity index (χ1) is 9.38. The van der Waals surface area contributed by atoms with Crippen LogP contribution in [-0.4, -0.2) is 29.0 Å². The van der Waals surface area contributed by atoms with Crippen molar-refractivity contribution in [3.05, 3.63) is 42.1 Å². The van der Waals surface area contributed by atoms with Gasteiger partial charge in [0.15, 0.2) is 0 Å². The second kappa shape index (κ2) is 5.68. The second-order valence-electron chi connectivity index (χ2n) is 5.34. The summed E-state index contributed by atoms with van der Waals surface area (Å²) < 4.78 is 0. The fraction of sp³-hybridized carbons (Fsp3) is 0.438. The molecule has 1 aromatic carbocycles. The Morgan fingerprint density at radius 3 is 2.84 bits per heavy atom. The molecule has 0 amide bonds. The lowest BCUT2D eigenvalue weighted by Crippen LogP contribution is -2.28. The van der Waals surface area contributed by atoms with Gasteiger partial charge in [0, 0.05) is 24.2 Å². The van der Waals surface area contributed by atoms with Crippen LogP contribution in [-0.2, 0) is 6.54 Å². The molecule has 0 bridgehead atoms. The van der Waals surface area contributed by atoms with Crippen molar-refractivity contribution in [1.29, 1.82) is 0 Å². The molecular weight excluding hydrogens is 234 g/mol. The molecule has 1 fully saturated rings. The first-order valence-corrected chi connectivity index (χ1v) is 7.15. The van der Waals surface area contributed by atoms with E-state index in [4.69, 9.17) is 5.73 Å². The monoisotopic (exact) mass is 255 g/mol. The quantitative estimate of drug-likeness (QED) is 0.862. The number of aromatic nitrogens is 1. The normalized spacial score (nSPS) is 15.3. The smallest absolute Gasteiger partial charge is 0.0746 e. The van der Waals surface area contributed by atoms with E-state index in [0.717, 1.165) is 37.6 Å². The topological polar surface area (TPSA) is 42.1 Å². The summed E-state index contributed by atoms with van der Waals surface area (Å²) in [6, 6.07) is 11.4. The van der Waals surface area contributed by atoms with Crippen LogP contribution < -0.4 is 5.73 Å². The molecule has 1 aromatic heterocycles. The van der Waals surface area contributed by atoms with Crippen LogP contribution in [0.15, 0.2) is 36.5 Å². The van der Waals surface area contributed by atoms with E-state index in [1.165, 1.54) is 23.8 Å². The Balaban J connectivity index is 1.82. The molecule has 0 saturated heterocycles. The third kappa shape index (κ3) is 2.94. The van der Waals surface area contributed by atoms with Gasteiger partial charge in [-0.05, 0) is 44.0 Å². The lowest BCUT2D eigenvalue weighted by Gasteiger charge is -2.22. The number of nitrogens with two attached hydrogens (primary N) is 1. The van der Waals surface area contributed by atoms with E-state index in [1.54, 1.807) is 0 Å². The molecule has 0 radical (unpaired) electrons. The van der Waals surface area contributed by atoms with Crippen LogP contribution in [0.2, 0.25) is 0 Å². The van der Waals surface area contributed by atoms with Crippen LogP contribution in [0.4, 0.5) is 0 Å². The number of nitrogens with zero attached hydrogens (tertiary/aromatic N) is 2. The molecule has 0 aliphatic heterocycles. The molecule has 3 heteroatoms. The number of para-hydroxylation sites is 1. The molecule has 1 aliphatic carbocycles. The molecule has 1 heterocycles. The van der Waals surface area contributed by atoms with Crippen molar-refractivity contribution in [3.63, 3.8) is 0 Å². The Morgan fingerprint density at radius 1 is 1.21 bits per heavy atom. The summed E-state index contributed by atoms with van der Waals surface area (Å²) >= 11 is 0. The van der Waals surface area contributed by atoms with Gasteiger partial charge in [-0.25, -0.2) is 0 Å². The highest BCUT2D eigenvalue weighted by molar-refractivity contribution is 5.81. The zero-order valence-corrected chi connectivity index (χ0v) is 11.3. The minimum Gasteiger partial charge on any atom is -0.330 e. The SMILES string of the molecule is NCCCN(Cc1cccc2cccnc12)C1CC1. The van der Waals surface area contributed by atoms with Gasteiger partial charge in [-0.2, -0.15) is 0 Å². The standard InChI is InChI=1S/C16H21N3/c17-9-3-11-19(15-7-8-15)12-14-5-1-4-13-6-2-10-18-16(13)14/h1-2,4-6,10,15H,3,7-9,11-12,17H2. The molecule has 19 heavy (non-hydrogen) atoms. The minimum absolute atomic E-state index is 0.769. The number of rotatable bonds is 6. The average Bonchev–Trinajstić information content (AvgIpc) is 3.28. The number of hydrogen-bond donors (Lipinski definition) is 1. The van der Waals surface area contributed by atoms with Crippen molar-refractivity contribution in [3.8, 4) is 0 Å². The number of benzene rings is 1. The van der Waals surface area contributed by atoms with Crippen LogP contribution in [0.3, 0.4) is 0 Å². The maximum atomic E-state index is 5.64. The highest BCUT2D eigenvalue weighted by Crippen LogP contribution is 2.29. The van der Waals surface area contributed by atoms with Crippen LogP contribution >= 0.6 is 0 Å². The predicted molar refractivity (Wildman–Crippen MR) is 78.8 cm³/mol. The molecule has 2 N–H and O–H groups in total. The Morgan fingerprint density at radius 2 is 2.05 bits per heavy atom. The van der Waals surface area contributed by atoms with Gasteiger partial charge < -0.3 is 5.73 Å². The summed E-state index contributed by atoms with van der Waals surface area (Å²) in [6.45, 7) is 2.88. The molecule has 100 valence electrons. The van der Waals surface area contributed by atoms with Crippen LogP contribution in [0, 0.1) is 0 Å². The molecule has 1 saturated carbocycles. The van der Waals surface area contributed by atoms with Crippen LogP contribution in [0.1, 0.15) is 24.8 Å². The van der Waals surface area contributed by atoms with E-state index >= 15 is 0 Å². The van der Waals surface area contributed by atoms with Crippen molar-refractivity contribution in [1.82, 2.24) is 9.88 Å². The molecule has 3 nitrogen and oxygen atoms in total. The largest absolute Gasteiger partial charge is 0.330 e. The van der Waals surface area contributed by atoms with Gasteiger partial charge in [-0.3, -0.25) is 9.88 Å². The van der Waals surface area contributed by atoms with E-state index in [-0.39, 0.29) is 0 Å². The number of pyridine rings is 1. The van der Waals surface area contributed by atoms with E-state index in [2.05, 4.69) is 34.1 Å². The third-order valence-corrected chi connectivity index (χ3v) is 3.80. The van der Waals surface area contributed by atoms with Crippen molar-refractivity contribution >= 4 is 10.9 Å². The predicted octanol–water partition coefficient (Wildman–Crippen LogP) is 2.55. The molecule has 0 spiro atoms. The Labute approximate surface area is 114 Å². The molecule has 0 atom stereocenters. The molecule has 3 rings (SSSR count). The first-order valence-electron chi connectivity index (χ1n) is 7.15. The summed E-state index contributed by atoms with van der Waals surface area (Å²) in [7, 11) is 0. The molecule has 0 unspecified atom stereocenters. The van der Waals surface area contributed by atoms with Gasteiger partial charge in [0.25, 0.3) is 0 Å². The highest BCUT2D eigenvalue weighted by atomic mass is 15.2. The fourth-order valence-electron chi connectivity index (χ4n) is 2.64. The Hall–Kier alpha value is -1.45. The van der Waals surface area contributed by atoms with Gasteiger partial charge in [-0.15, -0.1) is 0 Å². The van der Waals surface area contributed by atoms with Gasteiger partial charge in [0.05, 0.1) is 5.52 Å². The maximum Gasteiger partial charge on any atom is 0.0746 e. The van der Waals surface area contributed by atoms with Crippen LogP contribution in [0.5, 0.6) is 0 Å². The Kier molecular flexibility index (Phi) is 3.76. The third-order valence-electron chi connectivity index (χ3n) is 3.80. The average molecular weight is 255 g/mol. The lowest BCUT2D eigenvalue weighted by atomic mass is 10.1. The number of hydrogen-bond acceptors (Lipinski definition) is 3. The van der Waals surface area contributed by atoms with Gasteiger partial charge in [-0.1, -0.05) is 24.3 Å². The van der Waals surface area contributed by atoms with E-state index < -0.39 is 0 Å². The van der Waals surface area contributed by atoms with Crippen LogP contribution in [0.25, 0.3) is 10.9 Å². The lowest BCUT2D eigenvalue weighted by molar-refractivity contribution is 0.254. The van der Waals surface area contributed by atoms with Crippen molar-refractivity contribution in [2.75, 3.05) is 13.1 Å².